The summed E-state index contributed by atoms with van der Waals surface area (Å²) in [4.78, 5) is 18.7. The summed E-state index contributed by atoms with van der Waals surface area (Å²) in [5.41, 5.74) is 5.16. The molecular weight excluding hydrogens is 759 g/mol. The second kappa shape index (κ2) is 30.8. The molecule has 0 amide bonds. The van der Waals surface area contributed by atoms with Crippen molar-refractivity contribution >= 4 is 35.6 Å². The Balaban J connectivity index is 1.01. The molecule has 4 aromatic carbocycles. The quantitative estimate of drug-likeness (QED) is 0.0136. The molecule has 0 fully saturated rings. The van der Waals surface area contributed by atoms with E-state index in [0.717, 1.165) is 41.7 Å². The number of carbonyl (C=O) groups is 1. The first-order chi connectivity index (χ1) is 29.1. The molecular formula is C54H67NO2S2. The lowest BCUT2D eigenvalue weighted by atomic mass is 10.0. The van der Waals surface area contributed by atoms with Crippen LogP contribution >= 0.6 is 23.5 Å². The first kappa shape index (κ1) is 47.5. The SMILES string of the molecule is [C-]#[N+]/C(=C\c1ccc(C#Cc2ccc(SCCCCCCCCCCCCCCCC)cc2)cc1)C(=O)OCCCCCCCCSc1ccc(-c2ccccc2)cc1. The fourth-order valence-corrected chi connectivity index (χ4v) is 8.76. The zero-order valence-corrected chi connectivity index (χ0v) is 37.4. The number of carbonyl (C=O) groups excluding carboxylic acids is 1. The highest BCUT2D eigenvalue weighted by atomic mass is 32.2. The zero-order valence-electron chi connectivity index (χ0n) is 35.7. The number of hydrogen-bond donors (Lipinski definition) is 0. The fraction of sp³-hybridized carbons (Fsp3) is 0.444. The second-order valence-corrected chi connectivity index (χ2v) is 17.8. The molecule has 0 bridgehead atoms. The van der Waals surface area contributed by atoms with Gasteiger partial charge < -0.3 is 4.74 Å². The van der Waals surface area contributed by atoms with Crippen molar-refractivity contribution in [2.75, 3.05) is 18.1 Å². The van der Waals surface area contributed by atoms with Gasteiger partial charge in [0.15, 0.2) is 0 Å². The van der Waals surface area contributed by atoms with Crippen molar-refractivity contribution < 1.29 is 9.53 Å². The molecule has 0 atom stereocenters. The predicted molar refractivity (Wildman–Crippen MR) is 256 cm³/mol. The predicted octanol–water partition coefficient (Wildman–Crippen LogP) is 16.3. The summed E-state index contributed by atoms with van der Waals surface area (Å²) >= 11 is 3.86. The van der Waals surface area contributed by atoms with Crippen molar-refractivity contribution in [1.29, 1.82) is 0 Å². The van der Waals surface area contributed by atoms with Crippen molar-refractivity contribution in [3.05, 3.63) is 137 Å². The van der Waals surface area contributed by atoms with Crippen LogP contribution in [0, 0.1) is 18.4 Å². The summed E-state index contributed by atoms with van der Waals surface area (Å²) in [6.45, 7) is 10.2. The smallest absolute Gasteiger partial charge is 0.336 e. The van der Waals surface area contributed by atoms with Gasteiger partial charge in [-0.05, 0) is 102 Å². The van der Waals surface area contributed by atoms with Gasteiger partial charge in [0.25, 0.3) is 5.70 Å². The molecule has 4 rings (SSSR count). The van der Waals surface area contributed by atoms with Crippen LogP contribution in [-0.4, -0.2) is 24.1 Å². The van der Waals surface area contributed by atoms with E-state index in [2.05, 4.69) is 96.4 Å². The normalized spacial score (nSPS) is 11.2. The molecule has 4 aromatic rings. The minimum Gasteiger partial charge on any atom is -0.471 e. The molecule has 5 heteroatoms. The molecule has 0 unspecified atom stereocenters. The zero-order chi connectivity index (χ0) is 41.4. The lowest BCUT2D eigenvalue weighted by Crippen LogP contribution is -2.07. The lowest BCUT2D eigenvalue weighted by molar-refractivity contribution is -0.138. The van der Waals surface area contributed by atoms with Crippen LogP contribution in [0.2, 0.25) is 0 Å². The monoisotopic (exact) mass is 825 g/mol. The number of esters is 1. The highest BCUT2D eigenvalue weighted by Gasteiger charge is 2.11. The Hall–Kier alpha value is -4.16. The van der Waals surface area contributed by atoms with Crippen molar-refractivity contribution in [3.8, 4) is 23.0 Å². The Morgan fingerprint density at radius 3 is 1.46 bits per heavy atom. The van der Waals surface area contributed by atoms with E-state index in [-0.39, 0.29) is 5.70 Å². The summed E-state index contributed by atoms with van der Waals surface area (Å²) in [5.74, 6) is 8.24. The second-order valence-electron chi connectivity index (χ2n) is 15.5. The minimum atomic E-state index is -0.557. The van der Waals surface area contributed by atoms with E-state index in [1.165, 1.54) is 136 Å². The summed E-state index contributed by atoms with van der Waals surface area (Å²) in [7, 11) is 0. The lowest BCUT2D eigenvalue weighted by Gasteiger charge is -2.06. The van der Waals surface area contributed by atoms with E-state index >= 15 is 0 Å². The third kappa shape index (κ3) is 21.1. The van der Waals surface area contributed by atoms with E-state index in [1.54, 1.807) is 6.08 Å². The molecule has 0 saturated carbocycles. The van der Waals surface area contributed by atoms with Crippen molar-refractivity contribution in [2.45, 2.75) is 145 Å². The van der Waals surface area contributed by atoms with Crippen LogP contribution in [0.4, 0.5) is 0 Å². The number of hydrogen-bond acceptors (Lipinski definition) is 4. The van der Waals surface area contributed by atoms with Crippen molar-refractivity contribution in [3.63, 3.8) is 0 Å². The molecule has 0 spiro atoms. The molecule has 0 aliphatic carbocycles. The Labute approximate surface area is 366 Å². The number of ether oxygens (including phenoxy) is 1. The van der Waals surface area contributed by atoms with Gasteiger partial charge in [-0.15, -0.1) is 23.5 Å². The minimum absolute atomic E-state index is 0.00153. The molecule has 0 aromatic heterocycles. The molecule has 3 nitrogen and oxygen atoms in total. The van der Waals surface area contributed by atoms with Gasteiger partial charge in [-0.1, -0.05) is 183 Å². The van der Waals surface area contributed by atoms with Crippen molar-refractivity contribution in [1.82, 2.24) is 0 Å². The first-order valence-electron chi connectivity index (χ1n) is 22.5. The Morgan fingerprint density at radius 2 is 0.966 bits per heavy atom. The molecule has 0 aliphatic heterocycles. The van der Waals surface area contributed by atoms with Gasteiger partial charge in [-0.25, -0.2) is 4.85 Å². The maximum atomic E-state index is 12.6. The van der Waals surface area contributed by atoms with Gasteiger partial charge in [0.05, 0.1) is 13.2 Å². The van der Waals surface area contributed by atoms with E-state index in [1.807, 2.05) is 53.9 Å². The molecule has 0 N–H and O–H groups in total. The number of rotatable bonds is 29. The number of benzene rings is 4. The van der Waals surface area contributed by atoms with Crippen LogP contribution in [0.15, 0.2) is 119 Å². The first-order valence-corrected chi connectivity index (χ1v) is 24.5. The van der Waals surface area contributed by atoms with Crippen LogP contribution in [-0.2, 0) is 9.53 Å². The average molecular weight is 826 g/mol. The van der Waals surface area contributed by atoms with Crippen LogP contribution < -0.4 is 0 Å². The third-order valence-electron chi connectivity index (χ3n) is 10.5. The van der Waals surface area contributed by atoms with Gasteiger partial charge in [0.2, 0.25) is 0 Å². The summed E-state index contributed by atoms with van der Waals surface area (Å²) in [6.07, 6.45) is 27.7. The Morgan fingerprint density at radius 1 is 0.542 bits per heavy atom. The molecule has 59 heavy (non-hydrogen) atoms. The van der Waals surface area contributed by atoms with E-state index in [4.69, 9.17) is 11.3 Å². The number of thioether (sulfide) groups is 2. The van der Waals surface area contributed by atoms with Crippen LogP contribution in [0.3, 0.4) is 0 Å². The van der Waals surface area contributed by atoms with Gasteiger partial charge in [-0.2, -0.15) is 0 Å². The maximum absolute atomic E-state index is 12.6. The fourth-order valence-electron chi connectivity index (χ4n) is 6.94. The molecule has 0 heterocycles. The van der Waals surface area contributed by atoms with Gasteiger partial charge in [0, 0.05) is 20.9 Å². The largest absolute Gasteiger partial charge is 0.471 e. The maximum Gasteiger partial charge on any atom is 0.336 e. The van der Waals surface area contributed by atoms with Crippen LogP contribution in [0.1, 0.15) is 152 Å². The molecule has 0 aliphatic rings. The highest BCUT2D eigenvalue weighted by Crippen LogP contribution is 2.25. The van der Waals surface area contributed by atoms with Gasteiger partial charge in [0.1, 0.15) is 0 Å². The van der Waals surface area contributed by atoms with Gasteiger partial charge in [-0.3, -0.25) is 4.79 Å². The highest BCUT2D eigenvalue weighted by molar-refractivity contribution is 7.99. The Bertz CT molecular complexity index is 1850. The van der Waals surface area contributed by atoms with Crippen LogP contribution in [0.25, 0.3) is 22.0 Å². The van der Waals surface area contributed by atoms with E-state index in [0.29, 0.717) is 6.61 Å². The Kier molecular flexibility index (Phi) is 24.8. The molecule has 312 valence electrons. The standard InChI is InChI=1S/C54H67NO2S2/c1-3-4-5-6-7-8-9-10-11-12-13-15-18-24-43-58-51-38-34-47(35-39-51)29-28-46-30-32-48(33-31-46)45-53(55-2)54(56)57-42-23-17-14-16-19-25-44-59-52-40-36-50(37-41-52)49-26-21-20-22-27-49/h20-22,26-27,30-41,45H,3-19,23-25,42-44H2,1H3/b53-45-. The molecule has 0 radical (unpaired) electrons. The van der Waals surface area contributed by atoms with Crippen LogP contribution in [0.5, 0.6) is 0 Å². The third-order valence-corrected chi connectivity index (χ3v) is 12.7. The summed E-state index contributed by atoms with van der Waals surface area (Å²) in [5, 5.41) is 0. The summed E-state index contributed by atoms with van der Waals surface area (Å²) in [6, 6.07) is 35.5. The topological polar surface area (TPSA) is 30.7 Å². The van der Waals surface area contributed by atoms with Crippen molar-refractivity contribution in [2.24, 2.45) is 0 Å². The number of nitrogens with zero attached hydrogens (tertiary/aromatic N) is 1. The number of unbranched alkanes of at least 4 members (excludes halogenated alkanes) is 18. The summed E-state index contributed by atoms with van der Waals surface area (Å²) < 4.78 is 5.44. The molecule has 0 saturated heterocycles. The van der Waals surface area contributed by atoms with E-state index in [9.17, 15) is 4.79 Å². The van der Waals surface area contributed by atoms with Gasteiger partial charge >= 0.3 is 5.97 Å². The van der Waals surface area contributed by atoms with E-state index < -0.39 is 5.97 Å². The average Bonchev–Trinajstić information content (AvgIpc) is 3.28.